The molecule has 0 aliphatic rings. The SMILES string of the molecule is C=C.C=COC(=O)CCC. The van der Waals surface area contributed by atoms with E-state index in [1.807, 2.05) is 6.92 Å². The van der Waals surface area contributed by atoms with E-state index in [1.54, 1.807) is 0 Å². The van der Waals surface area contributed by atoms with Crippen molar-refractivity contribution >= 4 is 5.97 Å². The molecule has 10 heavy (non-hydrogen) atoms. The highest BCUT2D eigenvalue weighted by Crippen LogP contribution is 1.89. The van der Waals surface area contributed by atoms with Crippen LogP contribution in [0.3, 0.4) is 0 Å². The number of rotatable bonds is 3. The van der Waals surface area contributed by atoms with Crippen LogP contribution < -0.4 is 0 Å². The summed E-state index contributed by atoms with van der Waals surface area (Å²) in [6.45, 7) is 11.2. The highest BCUT2D eigenvalue weighted by Gasteiger charge is 1.94. The molecule has 0 spiro atoms. The van der Waals surface area contributed by atoms with E-state index in [1.165, 1.54) is 0 Å². The standard InChI is InChI=1S/C6H10O2.C2H4/c1-3-5-6(7)8-4-2;1-2/h4H,2-3,5H2,1H3;1-2H2. The summed E-state index contributed by atoms with van der Waals surface area (Å²) in [5, 5.41) is 0. The van der Waals surface area contributed by atoms with Crippen molar-refractivity contribution in [2.24, 2.45) is 0 Å². The average molecular weight is 142 g/mol. The molecule has 0 aromatic heterocycles. The van der Waals surface area contributed by atoms with Crippen molar-refractivity contribution in [3.8, 4) is 0 Å². The van der Waals surface area contributed by atoms with Gasteiger partial charge in [0.25, 0.3) is 0 Å². The first-order valence-electron chi connectivity index (χ1n) is 3.11. The second-order valence-electron chi connectivity index (χ2n) is 1.41. The Morgan fingerprint density at radius 1 is 1.60 bits per heavy atom. The van der Waals surface area contributed by atoms with E-state index in [-0.39, 0.29) is 5.97 Å². The number of carbonyl (C=O) groups is 1. The van der Waals surface area contributed by atoms with Crippen molar-refractivity contribution in [2.45, 2.75) is 19.8 Å². The van der Waals surface area contributed by atoms with Crippen LogP contribution in [0.25, 0.3) is 0 Å². The monoisotopic (exact) mass is 142 g/mol. The zero-order valence-electron chi connectivity index (χ0n) is 6.43. The lowest BCUT2D eigenvalue weighted by Crippen LogP contribution is -1.96. The normalized spacial score (nSPS) is 6.90. The Morgan fingerprint density at radius 3 is 2.40 bits per heavy atom. The number of hydrogen-bond donors (Lipinski definition) is 0. The molecule has 0 aliphatic carbocycles. The van der Waals surface area contributed by atoms with Crippen molar-refractivity contribution < 1.29 is 9.53 Å². The summed E-state index contributed by atoms with van der Waals surface area (Å²) in [4.78, 5) is 10.3. The first-order chi connectivity index (χ1) is 4.81. The highest BCUT2D eigenvalue weighted by atomic mass is 16.5. The van der Waals surface area contributed by atoms with E-state index < -0.39 is 0 Å². The first-order valence-corrected chi connectivity index (χ1v) is 3.11. The molecule has 0 heterocycles. The lowest BCUT2D eigenvalue weighted by molar-refractivity contribution is -0.137. The third-order valence-corrected chi connectivity index (χ3v) is 0.669. The highest BCUT2D eigenvalue weighted by molar-refractivity contribution is 5.69. The number of esters is 1. The molecule has 0 rings (SSSR count). The van der Waals surface area contributed by atoms with Crippen LogP contribution in [0.4, 0.5) is 0 Å². The predicted molar refractivity (Wildman–Crippen MR) is 42.5 cm³/mol. The summed E-state index contributed by atoms with van der Waals surface area (Å²) in [5.74, 6) is -0.206. The molecule has 0 fully saturated rings. The van der Waals surface area contributed by atoms with Crippen molar-refractivity contribution in [3.05, 3.63) is 26.0 Å². The molecule has 0 bridgehead atoms. The van der Waals surface area contributed by atoms with Crippen LogP contribution in [0, 0.1) is 0 Å². The van der Waals surface area contributed by atoms with Gasteiger partial charge < -0.3 is 4.74 Å². The Kier molecular flexibility index (Phi) is 12.7. The zero-order valence-corrected chi connectivity index (χ0v) is 6.43. The molecule has 0 saturated heterocycles. The van der Waals surface area contributed by atoms with Crippen LogP contribution in [-0.2, 0) is 9.53 Å². The number of carbonyl (C=O) groups excluding carboxylic acids is 1. The molecule has 2 nitrogen and oxygen atoms in total. The third-order valence-electron chi connectivity index (χ3n) is 0.669. The molecule has 0 unspecified atom stereocenters. The Labute approximate surface area is 62.2 Å². The smallest absolute Gasteiger partial charge is 0.310 e. The second kappa shape index (κ2) is 10.8. The molecule has 0 radical (unpaired) electrons. The predicted octanol–water partition coefficient (Wildman–Crippen LogP) is 2.28. The van der Waals surface area contributed by atoms with Crippen LogP contribution in [0.1, 0.15) is 19.8 Å². The van der Waals surface area contributed by atoms with Crippen LogP contribution in [-0.4, -0.2) is 5.97 Å². The van der Waals surface area contributed by atoms with Gasteiger partial charge in [0.1, 0.15) is 0 Å². The van der Waals surface area contributed by atoms with Gasteiger partial charge >= 0.3 is 5.97 Å². The molecule has 2 heteroatoms. The summed E-state index contributed by atoms with van der Waals surface area (Å²) in [6.07, 6.45) is 2.46. The molecule has 0 aromatic carbocycles. The molecule has 0 aliphatic heterocycles. The molecule has 0 N–H and O–H groups in total. The maximum atomic E-state index is 10.3. The molecular weight excluding hydrogens is 128 g/mol. The molecule has 0 amide bonds. The summed E-state index contributed by atoms with van der Waals surface area (Å²) >= 11 is 0. The van der Waals surface area contributed by atoms with E-state index in [9.17, 15) is 4.79 Å². The zero-order chi connectivity index (χ0) is 8.41. The van der Waals surface area contributed by atoms with Crippen LogP contribution in [0.5, 0.6) is 0 Å². The molecule has 0 aromatic rings. The third kappa shape index (κ3) is 10.0. The number of hydrogen-bond acceptors (Lipinski definition) is 2. The van der Waals surface area contributed by atoms with Gasteiger partial charge in [-0.15, -0.1) is 13.2 Å². The lowest BCUT2D eigenvalue weighted by Gasteiger charge is -1.92. The fraction of sp³-hybridized carbons (Fsp3) is 0.375. The van der Waals surface area contributed by atoms with Gasteiger partial charge in [0.05, 0.1) is 6.26 Å². The van der Waals surface area contributed by atoms with Gasteiger partial charge in [-0.1, -0.05) is 13.5 Å². The summed E-state index contributed by atoms with van der Waals surface area (Å²) in [6, 6.07) is 0. The summed E-state index contributed by atoms with van der Waals surface area (Å²) in [5.41, 5.74) is 0. The fourth-order valence-corrected chi connectivity index (χ4v) is 0.356. The molecular formula is C8H14O2. The van der Waals surface area contributed by atoms with E-state index in [2.05, 4.69) is 24.5 Å². The van der Waals surface area contributed by atoms with Gasteiger partial charge in [-0.25, -0.2) is 0 Å². The largest absolute Gasteiger partial charge is 0.435 e. The van der Waals surface area contributed by atoms with Crippen molar-refractivity contribution in [2.75, 3.05) is 0 Å². The van der Waals surface area contributed by atoms with Crippen molar-refractivity contribution in [1.29, 1.82) is 0 Å². The molecule has 0 atom stereocenters. The molecule has 0 saturated carbocycles. The van der Waals surface area contributed by atoms with Gasteiger partial charge in [0.15, 0.2) is 0 Å². The lowest BCUT2D eigenvalue weighted by atomic mass is 10.3. The van der Waals surface area contributed by atoms with Gasteiger partial charge in [0.2, 0.25) is 0 Å². The minimum absolute atomic E-state index is 0.206. The Balaban J connectivity index is 0. The van der Waals surface area contributed by atoms with Gasteiger partial charge in [-0.2, -0.15) is 0 Å². The minimum atomic E-state index is -0.206. The van der Waals surface area contributed by atoms with E-state index >= 15 is 0 Å². The fourth-order valence-electron chi connectivity index (χ4n) is 0.356. The maximum absolute atomic E-state index is 10.3. The van der Waals surface area contributed by atoms with E-state index in [0.29, 0.717) is 6.42 Å². The second-order valence-corrected chi connectivity index (χ2v) is 1.41. The Morgan fingerprint density at radius 2 is 2.10 bits per heavy atom. The number of ether oxygens (including phenoxy) is 1. The average Bonchev–Trinajstić information content (AvgIpc) is 1.93. The maximum Gasteiger partial charge on any atom is 0.310 e. The van der Waals surface area contributed by atoms with Gasteiger partial charge in [-0.05, 0) is 6.42 Å². The van der Waals surface area contributed by atoms with Crippen molar-refractivity contribution in [1.82, 2.24) is 0 Å². The minimum Gasteiger partial charge on any atom is -0.435 e. The van der Waals surface area contributed by atoms with E-state index in [4.69, 9.17) is 0 Å². The van der Waals surface area contributed by atoms with E-state index in [0.717, 1.165) is 12.7 Å². The van der Waals surface area contributed by atoms with Crippen LogP contribution >= 0.6 is 0 Å². The van der Waals surface area contributed by atoms with Gasteiger partial charge in [0, 0.05) is 6.42 Å². The Hall–Kier alpha value is -1.05. The Bertz CT molecular complexity index is 97.4. The van der Waals surface area contributed by atoms with Gasteiger partial charge in [-0.3, -0.25) is 4.79 Å². The van der Waals surface area contributed by atoms with Crippen molar-refractivity contribution in [3.63, 3.8) is 0 Å². The first kappa shape index (κ1) is 11.7. The topological polar surface area (TPSA) is 26.3 Å². The summed E-state index contributed by atoms with van der Waals surface area (Å²) < 4.78 is 4.41. The quantitative estimate of drug-likeness (QED) is 0.343. The van der Waals surface area contributed by atoms with Crippen LogP contribution in [0.2, 0.25) is 0 Å². The molecule has 58 valence electrons. The van der Waals surface area contributed by atoms with Crippen LogP contribution in [0.15, 0.2) is 26.0 Å². The summed E-state index contributed by atoms with van der Waals surface area (Å²) in [7, 11) is 0.